The summed E-state index contributed by atoms with van der Waals surface area (Å²) in [5, 5.41) is 5.85. The van der Waals surface area contributed by atoms with Gasteiger partial charge in [-0.3, -0.25) is 19.6 Å². The monoisotopic (exact) mass is 732 g/mol. The molecule has 276 valence electrons. The first kappa shape index (κ1) is 38.4. The molecule has 0 saturated heterocycles. The summed E-state index contributed by atoms with van der Waals surface area (Å²) in [7, 11) is 0. The van der Waals surface area contributed by atoms with E-state index in [-0.39, 0.29) is 35.0 Å². The summed E-state index contributed by atoms with van der Waals surface area (Å²) in [6.45, 7) is 3.51. The first-order valence-corrected chi connectivity index (χ1v) is 16.9. The topological polar surface area (TPSA) is 84.0 Å². The van der Waals surface area contributed by atoms with Gasteiger partial charge < -0.3 is 10.6 Å². The molecule has 6 nitrogen and oxygen atoms in total. The summed E-state index contributed by atoms with van der Waals surface area (Å²) < 4.78 is 105. The molecule has 2 aromatic heterocycles. The van der Waals surface area contributed by atoms with Gasteiger partial charge in [0.15, 0.2) is 0 Å². The van der Waals surface area contributed by atoms with Crippen molar-refractivity contribution in [3.05, 3.63) is 106 Å². The highest BCUT2D eigenvalue weighted by Crippen LogP contribution is 2.40. The van der Waals surface area contributed by atoms with Gasteiger partial charge >= 0.3 is 12.4 Å². The van der Waals surface area contributed by atoms with Gasteiger partial charge in [-0.2, -0.15) is 26.3 Å². The number of halogens is 8. The number of rotatable bonds is 6. The normalized spacial score (nSPS) is 16.9. The fourth-order valence-electron chi connectivity index (χ4n) is 6.62. The maximum absolute atomic E-state index is 14.4. The number of aromatic nitrogens is 2. The molecule has 4 aromatic rings. The zero-order chi connectivity index (χ0) is 37.8. The molecule has 2 atom stereocenters. The van der Waals surface area contributed by atoms with Crippen molar-refractivity contribution < 1.29 is 44.7 Å². The molecule has 14 heteroatoms. The van der Waals surface area contributed by atoms with Crippen LogP contribution in [0.5, 0.6) is 0 Å². The van der Waals surface area contributed by atoms with Gasteiger partial charge in [-0.1, -0.05) is 26.0 Å². The molecule has 2 aliphatic carbocycles. The van der Waals surface area contributed by atoms with E-state index in [9.17, 15) is 44.7 Å². The Balaban J connectivity index is 0.000000201. The van der Waals surface area contributed by atoms with E-state index in [4.69, 9.17) is 0 Å². The minimum Gasteiger partial charge on any atom is -0.349 e. The molecule has 2 heterocycles. The minimum absolute atomic E-state index is 0.0878. The van der Waals surface area contributed by atoms with Gasteiger partial charge in [-0.25, -0.2) is 8.78 Å². The first-order chi connectivity index (χ1) is 24.6. The van der Waals surface area contributed by atoms with Crippen LogP contribution < -0.4 is 10.6 Å². The molecular weight excluding hydrogens is 696 g/mol. The van der Waals surface area contributed by atoms with E-state index in [2.05, 4.69) is 20.6 Å². The van der Waals surface area contributed by atoms with Crippen molar-refractivity contribution in [1.82, 2.24) is 20.6 Å². The van der Waals surface area contributed by atoms with Crippen LogP contribution in [0.3, 0.4) is 0 Å². The van der Waals surface area contributed by atoms with Gasteiger partial charge in [-0.05, 0) is 85.0 Å². The molecule has 0 fully saturated rings. The van der Waals surface area contributed by atoms with Gasteiger partial charge in [0.25, 0.3) is 0 Å². The van der Waals surface area contributed by atoms with Gasteiger partial charge in [0, 0.05) is 59.9 Å². The maximum Gasteiger partial charge on any atom is 0.416 e. The lowest BCUT2D eigenvalue weighted by Gasteiger charge is -2.27. The van der Waals surface area contributed by atoms with Crippen LogP contribution in [0.15, 0.2) is 61.2 Å². The van der Waals surface area contributed by atoms with Crippen LogP contribution in [-0.2, 0) is 34.8 Å². The minimum atomic E-state index is -4.59. The lowest BCUT2D eigenvalue weighted by Crippen LogP contribution is -2.30. The lowest BCUT2D eigenvalue weighted by atomic mass is 9.84. The predicted octanol–water partition coefficient (Wildman–Crippen LogP) is 9.62. The van der Waals surface area contributed by atoms with Crippen LogP contribution in [0, 0.1) is 11.6 Å². The van der Waals surface area contributed by atoms with Crippen molar-refractivity contribution >= 4 is 11.8 Å². The molecule has 0 radical (unpaired) electrons. The van der Waals surface area contributed by atoms with Crippen LogP contribution in [0.4, 0.5) is 35.1 Å². The van der Waals surface area contributed by atoms with Crippen molar-refractivity contribution in [2.75, 3.05) is 0 Å². The molecule has 0 bridgehead atoms. The fraction of sp³-hybridized carbons (Fsp3) is 0.368. The Morgan fingerprint density at radius 1 is 0.635 bits per heavy atom. The van der Waals surface area contributed by atoms with Crippen molar-refractivity contribution in [1.29, 1.82) is 0 Å². The van der Waals surface area contributed by atoms with Crippen LogP contribution in [0.2, 0.25) is 0 Å². The van der Waals surface area contributed by atoms with Crippen LogP contribution in [0.25, 0.3) is 22.3 Å². The van der Waals surface area contributed by atoms with Gasteiger partial charge in [-0.15, -0.1) is 0 Å². The average Bonchev–Trinajstić information content (AvgIpc) is 3.11. The largest absolute Gasteiger partial charge is 0.416 e. The molecule has 0 aliphatic heterocycles. The van der Waals surface area contributed by atoms with Crippen LogP contribution >= 0.6 is 0 Å². The summed E-state index contributed by atoms with van der Waals surface area (Å²) in [4.78, 5) is 31.7. The molecule has 52 heavy (non-hydrogen) atoms. The second kappa shape index (κ2) is 15.8. The quantitative estimate of drug-likeness (QED) is 0.194. The number of hydrogen-bond donors (Lipinski definition) is 2. The van der Waals surface area contributed by atoms with Gasteiger partial charge in [0.05, 0.1) is 23.2 Å². The zero-order valence-electron chi connectivity index (χ0n) is 28.3. The molecule has 6 rings (SSSR count). The molecule has 2 N–H and O–H groups in total. The van der Waals surface area contributed by atoms with Crippen molar-refractivity contribution in [3.8, 4) is 22.3 Å². The third kappa shape index (κ3) is 8.59. The van der Waals surface area contributed by atoms with E-state index in [0.717, 1.165) is 72.2 Å². The molecule has 2 amide bonds. The molecule has 0 saturated carbocycles. The number of fused-ring (bicyclic) bond motifs is 2. The summed E-state index contributed by atoms with van der Waals surface area (Å²) in [5.41, 5.74) is 2.33. The highest BCUT2D eigenvalue weighted by atomic mass is 19.4. The molecule has 2 unspecified atom stereocenters. The van der Waals surface area contributed by atoms with E-state index in [1.165, 1.54) is 12.4 Å². The summed E-state index contributed by atoms with van der Waals surface area (Å²) in [5.74, 6) is -2.05. The van der Waals surface area contributed by atoms with Crippen molar-refractivity contribution in [2.45, 2.75) is 89.7 Å². The number of nitrogens with one attached hydrogen (secondary N) is 2. The standard InChI is InChI=1S/2C19H18F4N2O/c2*1-2-18(26)25-17-5-3-4-12-14(9-24-10-15(12)17)13-7-6-11(8-16(13)20)19(21,22)23/h2*6-10,17H,2-5H2,1H3,(H,25,26). The number of nitrogens with zero attached hydrogens (tertiary/aromatic N) is 2. The Hall–Kier alpha value is -4.88. The maximum atomic E-state index is 14.4. The second-order valence-electron chi connectivity index (χ2n) is 12.6. The highest BCUT2D eigenvalue weighted by Gasteiger charge is 2.33. The Morgan fingerprint density at radius 2 is 1.02 bits per heavy atom. The zero-order valence-corrected chi connectivity index (χ0v) is 28.3. The third-order valence-electron chi connectivity index (χ3n) is 9.26. The number of hydrogen-bond acceptors (Lipinski definition) is 4. The Morgan fingerprint density at radius 3 is 1.35 bits per heavy atom. The number of carbonyl (C=O) groups is 2. The molecule has 2 aromatic carbocycles. The van der Waals surface area contributed by atoms with Crippen molar-refractivity contribution in [3.63, 3.8) is 0 Å². The van der Waals surface area contributed by atoms with E-state index in [1.807, 2.05) is 0 Å². The van der Waals surface area contributed by atoms with E-state index in [0.29, 0.717) is 48.9 Å². The Kier molecular flexibility index (Phi) is 11.6. The van der Waals surface area contributed by atoms with Gasteiger partial charge in [0.1, 0.15) is 11.6 Å². The number of carbonyl (C=O) groups excluding carboxylic acids is 2. The predicted molar refractivity (Wildman–Crippen MR) is 177 cm³/mol. The molecule has 0 spiro atoms. The number of alkyl halides is 6. The lowest BCUT2D eigenvalue weighted by molar-refractivity contribution is -0.138. The van der Waals surface area contributed by atoms with Crippen LogP contribution in [-0.4, -0.2) is 21.8 Å². The van der Waals surface area contributed by atoms with Gasteiger partial charge in [0.2, 0.25) is 11.8 Å². The smallest absolute Gasteiger partial charge is 0.349 e. The second-order valence-corrected chi connectivity index (χ2v) is 12.6. The van der Waals surface area contributed by atoms with E-state index < -0.39 is 35.1 Å². The first-order valence-electron chi connectivity index (χ1n) is 16.9. The Bertz CT molecular complexity index is 1800. The number of amides is 2. The average molecular weight is 733 g/mol. The third-order valence-corrected chi connectivity index (χ3v) is 9.26. The van der Waals surface area contributed by atoms with E-state index >= 15 is 0 Å². The summed E-state index contributed by atoms with van der Waals surface area (Å²) in [6, 6.07) is 4.62. The number of benzene rings is 2. The summed E-state index contributed by atoms with van der Waals surface area (Å²) >= 11 is 0. The van der Waals surface area contributed by atoms with Crippen molar-refractivity contribution in [2.24, 2.45) is 0 Å². The highest BCUT2D eigenvalue weighted by molar-refractivity contribution is 5.77. The molecule has 2 aliphatic rings. The SMILES string of the molecule is CCC(=O)NC1CCCc2c(-c3ccc(C(F)(F)F)cc3F)cncc21.CCC(=O)NC1CCCc2c(-c3ccc(C(F)(F)F)cc3F)cncc21. The van der Waals surface area contributed by atoms with E-state index in [1.54, 1.807) is 26.2 Å². The fourth-order valence-corrected chi connectivity index (χ4v) is 6.62. The number of pyridine rings is 2. The van der Waals surface area contributed by atoms with Crippen LogP contribution in [0.1, 0.15) is 97.8 Å². The Labute approximate surface area is 295 Å². The molecular formula is C38H36F8N4O2. The summed E-state index contributed by atoms with van der Waals surface area (Å²) in [6.07, 6.45) is 2.13.